The van der Waals surface area contributed by atoms with E-state index in [9.17, 15) is 18.0 Å². The lowest BCUT2D eigenvalue weighted by atomic mass is 9.78. The molecule has 3 atom stereocenters. The number of nitrogens with zero attached hydrogens (tertiary/aromatic N) is 1. The van der Waals surface area contributed by atoms with E-state index in [1.54, 1.807) is 0 Å². The molecule has 0 bridgehead atoms. The van der Waals surface area contributed by atoms with Crippen LogP contribution >= 0.6 is 0 Å². The molecule has 0 amide bonds. The van der Waals surface area contributed by atoms with Crippen molar-refractivity contribution in [3.05, 3.63) is 0 Å². The van der Waals surface area contributed by atoms with Crippen molar-refractivity contribution in [1.29, 1.82) is 0 Å². The second-order valence-corrected chi connectivity index (χ2v) is 5.76. The zero-order valence-electron chi connectivity index (χ0n) is 12.4. The molecule has 0 spiro atoms. The van der Waals surface area contributed by atoms with E-state index in [0.717, 1.165) is 19.3 Å². The minimum Gasteiger partial charge on any atom is -0.455 e. The van der Waals surface area contributed by atoms with Crippen LogP contribution in [0.1, 0.15) is 40.0 Å². The normalized spacial score (nSPS) is 27.6. The first-order valence-corrected chi connectivity index (χ1v) is 7.19. The van der Waals surface area contributed by atoms with E-state index in [4.69, 9.17) is 0 Å². The van der Waals surface area contributed by atoms with Crippen LogP contribution in [0.15, 0.2) is 0 Å². The Balaban J connectivity index is 2.44. The van der Waals surface area contributed by atoms with Crippen LogP contribution < -0.4 is 0 Å². The first-order valence-electron chi connectivity index (χ1n) is 7.19. The van der Waals surface area contributed by atoms with Gasteiger partial charge in [-0.05, 0) is 37.6 Å². The molecule has 118 valence electrons. The smallest absolute Gasteiger partial charge is 0.422 e. The number of carbonyl (C=O) groups is 1. The molecule has 0 heterocycles. The molecule has 0 radical (unpaired) electrons. The lowest BCUT2D eigenvalue weighted by Crippen LogP contribution is -2.43. The van der Waals surface area contributed by atoms with E-state index in [0.29, 0.717) is 18.4 Å². The number of likely N-dealkylation sites (N-methyl/N-ethyl adjacent to an activating group) is 1. The van der Waals surface area contributed by atoms with Gasteiger partial charge in [-0.2, -0.15) is 13.2 Å². The van der Waals surface area contributed by atoms with Gasteiger partial charge in [0, 0.05) is 6.04 Å². The number of alkyl halides is 3. The van der Waals surface area contributed by atoms with Crippen LogP contribution in [0.5, 0.6) is 0 Å². The predicted octanol–water partition coefficient (Wildman–Crippen LogP) is 3.24. The monoisotopic (exact) mass is 295 g/mol. The molecule has 6 heteroatoms. The third kappa shape index (κ3) is 5.69. The van der Waals surface area contributed by atoms with Gasteiger partial charge in [-0.25, -0.2) is 0 Å². The van der Waals surface area contributed by atoms with E-state index in [-0.39, 0.29) is 12.6 Å². The zero-order valence-corrected chi connectivity index (χ0v) is 12.4. The quantitative estimate of drug-likeness (QED) is 0.729. The second kappa shape index (κ2) is 7.29. The van der Waals surface area contributed by atoms with Crippen molar-refractivity contribution < 1.29 is 22.7 Å². The van der Waals surface area contributed by atoms with E-state index >= 15 is 0 Å². The van der Waals surface area contributed by atoms with Crippen LogP contribution in [-0.4, -0.2) is 42.8 Å². The summed E-state index contributed by atoms with van der Waals surface area (Å²) in [6, 6.07) is 0.268. The highest BCUT2D eigenvalue weighted by Gasteiger charge is 2.32. The Bertz CT molecular complexity index is 320. The van der Waals surface area contributed by atoms with Crippen LogP contribution in [0.4, 0.5) is 13.2 Å². The number of ether oxygens (including phenoxy) is 1. The summed E-state index contributed by atoms with van der Waals surface area (Å²) in [7, 11) is 0. The second-order valence-electron chi connectivity index (χ2n) is 5.76. The Hall–Kier alpha value is -0.780. The maximum Gasteiger partial charge on any atom is 0.422 e. The third-order valence-electron chi connectivity index (χ3n) is 4.22. The van der Waals surface area contributed by atoms with Crippen molar-refractivity contribution in [3.8, 4) is 0 Å². The van der Waals surface area contributed by atoms with Gasteiger partial charge in [0.05, 0.1) is 6.54 Å². The van der Waals surface area contributed by atoms with Gasteiger partial charge < -0.3 is 4.74 Å². The largest absolute Gasteiger partial charge is 0.455 e. The standard InChI is InChI=1S/C14H24F3NO2/c1-4-18(8-13(19)20-9-14(15,16)17)12-6-5-10(2)11(3)7-12/h10-12H,4-9H2,1-3H3. The summed E-state index contributed by atoms with van der Waals surface area (Å²) in [4.78, 5) is 13.4. The summed E-state index contributed by atoms with van der Waals surface area (Å²) >= 11 is 0. The molecule has 1 fully saturated rings. The van der Waals surface area contributed by atoms with Gasteiger partial charge in [0.25, 0.3) is 0 Å². The van der Waals surface area contributed by atoms with Crippen LogP contribution in [0.2, 0.25) is 0 Å². The summed E-state index contributed by atoms with van der Waals surface area (Å²) in [5.74, 6) is 0.451. The van der Waals surface area contributed by atoms with Gasteiger partial charge in [-0.3, -0.25) is 9.69 Å². The number of halogens is 3. The van der Waals surface area contributed by atoms with Crippen molar-refractivity contribution in [2.45, 2.75) is 52.3 Å². The molecule has 0 aromatic rings. The fourth-order valence-corrected chi connectivity index (χ4v) is 2.72. The van der Waals surface area contributed by atoms with Crippen molar-refractivity contribution in [2.24, 2.45) is 11.8 Å². The Kier molecular flexibility index (Phi) is 6.30. The summed E-state index contributed by atoms with van der Waals surface area (Å²) < 4.78 is 40.3. The van der Waals surface area contributed by atoms with Crippen LogP contribution in [-0.2, 0) is 9.53 Å². The van der Waals surface area contributed by atoms with E-state index in [2.05, 4.69) is 18.6 Å². The SMILES string of the molecule is CCN(CC(=O)OCC(F)(F)F)C1CCC(C)C(C)C1. The van der Waals surface area contributed by atoms with Crippen molar-refractivity contribution in [1.82, 2.24) is 4.90 Å². The molecule has 0 aromatic carbocycles. The Morgan fingerprint density at radius 1 is 1.25 bits per heavy atom. The molecule has 3 unspecified atom stereocenters. The number of rotatable bonds is 5. The Morgan fingerprint density at radius 2 is 1.90 bits per heavy atom. The number of carbonyl (C=O) groups excluding carboxylic acids is 1. The van der Waals surface area contributed by atoms with Crippen LogP contribution in [0.3, 0.4) is 0 Å². The molecule has 0 aliphatic heterocycles. The predicted molar refractivity (Wildman–Crippen MR) is 70.2 cm³/mol. The van der Waals surface area contributed by atoms with Crippen LogP contribution in [0, 0.1) is 11.8 Å². The summed E-state index contributed by atoms with van der Waals surface area (Å²) in [5.41, 5.74) is 0. The molecule has 1 saturated carbocycles. The molecule has 0 saturated heterocycles. The fourth-order valence-electron chi connectivity index (χ4n) is 2.72. The van der Waals surface area contributed by atoms with Crippen molar-refractivity contribution >= 4 is 5.97 Å². The first kappa shape index (κ1) is 17.3. The minimum absolute atomic E-state index is 0.0572. The van der Waals surface area contributed by atoms with Gasteiger partial charge in [0.1, 0.15) is 0 Å². The Morgan fingerprint density at radius 3 is 2.40 bits per heavy atom. The number of esters is 1. The van der Waals surface area contributed by atoms with Gasteiger partial charge in [0.2, 0.25) is 0 Å². The third-order valence-corrected chi connectivity index (χ3v) is 4.22. The number of hydrogen-bond acceptors (Lipinski definition) is 3. The average molecular weight is 295 g/mol. The van der Waals surface area contributed by atoms with Gasteiger partial charge in [-0.15, -0.1) is 0 Å². The molecular formula is C14H24F3NO2. The van der Waals surface area contributed by atoms with Gasteiger partial charge in [-0.1, -0.05) is 20.8 Å². The molecule has 20 heavy (non-hydrogen) atoms. The molecular weight excluding hydrogens is 271 g/mol. The highest BCUT2D eigenvalue weighted by atomic mass is 19.4. The fraction of sp³-hybridized carbons (Fsp3) is 0.929. The molecule has 0 aromatic heterocycles. The van der Waals surface area contributed by atoms with E-state index in [1.165, 1.54) is 0 Å². The van der Waals surface area contributed by atoms with Gasteiger partial charge in [0.15, 0.2) is 6.61 Å². The van der Waals surface area contributed by atoms with Crippen molar-refractivity contribution in [2.75, 3.05) is 19.7 Å². The minimum atomic E-state index is -4.46. The molecule has 0 N–H and O–H groups in total. The number of hydrogen-bond donors (Lipinski definition) is 0. The average Bonchev–Trinajstić information content (AvgIpc) is 2.36. The lowest BCUT2D eigenvalue weighted by Gasteiger charge is -2.38. The molecule has 1 rings (SSSR count). The molecule has 3 nitrogen and oxygen atoms in total. The van der Waals surface area contributed by atoms with Gasteiger partial charge >= 0.3 is 12.1 Å². The highest BCUT2D eigenvalue weighted by Crippen LogP contribution is 2.32. The first-order chi connectivity index (χ1) is 9.23. The van der Waals surface area contributed by atoms with Crippen LogP contribution in [0.25, 0.3) is 0 Å². The van der Waals surface area contributed by atoms with E-state index < -0.39 is 18.8 Å². The van der Waals surface area contributed by atoms with E-state index in [1.807, 2.05) is 11.8 Å². The maximum atomic E-state index is 12.0. The summed E-state index contributed by atoms with van der Waals surface area (Å²) in [6.45, 7) is 5.41. The maximum absolute atomic E-state index is 12.0. The Labute approximate surface area is 118 Å². The molecule has 1 aliphatic rings. The highest BCUT2D eigenvalue weighted by molar-refractivity contribution is 5.71. The van der Waals surface area contributed by atoms with Crippen molar-refractivity contribution in [3.63, 3.8) is 0 Å². The lowest BCUT2D eigenvalue weighted by molar-refractivity contribution is -0.187. The summed E-state index contributed by atoms with van der Waals surface area (Å²) in [5, 5.41) is 0. The topological polar surface area (TPSA) is 29.5 Å². The summed E-state index contributed by atoms with van der Waals surface area (Å²) in [6.07, 6.45) is -1.38. The molecule has 1 aliphatic carbocycles. The zero-order chi connectivity index (χ0) is 15.3.